The normalized spacial score (nSPS) is 17.6. The second-order valence-corrected chi connectivity index (χ2v) is 5.99. The lowest BCUT2D eigenvalue weighted by Gasteiger charge is -2.29. The minimum atomic E-state index is 0.110. The minimum absolute atomic E-state index is 0.110. The smallest absolute Gasteiger partial charge is 0.0815 e. The number of nitrogens with zero attached hydrogens (tertiary/aromatic N) is 2. The van der Waals surface area contributed by atoms with E-state index in [4.69, 9.17) is 0 Å². The van der Waals surface area contributed by atoms with Crippen LogP contribution in [0.15, 0.2) is 18.2 Å². The van der Waals surface area contributed by atoms with Gasteiger partial charge in [-0.05, 0) is 41.7 Å². The molecule has 1 aliphatic heterocycles. The van der Waals surface area contributed by atoms with Crippen molar-refractivity contribution in [3.63, 3.8) is 0 Å². The molecule has 0 saturated heterocycles. The first kappa shape index (κ1) is 13.2. The van der Waals surface area contributed by atoms with Crippen LogP contribution < -0.4 is 10.4 Å². The maximum absolute atomic E-state index is 9.95. The highest BCUT2D eigenvalue weighted by molar-refractivity contribution is 5.74. The Labute approximate surface area is 109 Å². The topological polar surface area (TPSA) is 38.7 Å². The molecule has 1 unspecified atom stereocenters. The summed E-state index contributed by atoms with van der Waals surface area (Å²) in [4.78, 5) is 0. The molecule has 0 aliphatic carbocycles. The van der Waals surface area contributed by atoms with Crippen LogP contribution in [0.5, 0.6) is 0 Å². The van der Waals surface area contributed by atoms with E-state index >= 15 is 0 Å². The van der Waals surface area contributed by atoms with E-state index in [0.717, 1.165) is 23.1 Å². The summed E-state index contributed by atoms with van der Waals surface area (Å²) < 4.78 is 0. The Morgan fingerprint density at radius 1 is 1.33 bits per heavy atom. The molecule has 1 aromatic rings. The van der Waals surface area contributed by atoms with E-state index in [0.29, 0.717) is 0 Å². The molecule has 100 valence electrons. The Kier molecular flexibility index (Phi) is 3.25. The first-order valence-corrected chi connectivity index (χ1v) is 6.54. The number of benzene rings is 1. The van der Waals surface area contributed by atoms with Gasteiger partial charge in [0.1, 0.15) is 0 Å². The van der Waals surface area contributed by atoms with E-state index in [9.17, 15) is 5.21 Å². The third kappa shape index (κ3) is 2.18. The Morgan fingerprint density at radius 2 is 2.00 bits per heavy atom. The van der Waals surface area contributed by atoms with E-state index in [1.807, 2.05) is 11.1 Å². The summed E-state index contributed by atoms with van der Waals surface area (Å²) in [5.74, 6) is 0. The number of hydrazine groups is 2. The molecule has 18 heavy (non-hydrogen) atoms. The van der Waals surface area contributed by atoms with Crippen molar-refractivity contribution in [3.05, 3.63) is 23.8 Å². The molecule has 1 aliphatic rings. The summed E-state index contributed by atoms with van der Waals surface area (Å²) in [5.41, 5.74) is 6.33. The summed E-state index contributed by atoms with van der Waals surface area (Å²) in [5, 5.41) is 12.9. The second kappa shape index (κ2) is 4.44. The van der Waals surface area contributed by atoms with Gasteiger partial charge < -0.3 is 0 Å². The minimum Gasteiger partial charge on any atom is -0.276 e. The zero-order valence-electron chi connectivity index (χ0n) is 11.9. The summed E-state index contributed by atoms with van der Waals surface area (Å²) in [6, 6.07) is 6.55. The fourth-order valence-electron chi connectivity index (χ4n) is 2.14. The van der Waals surface area contributed by atoms with Gasteiger partial charge in [0.15, 0.2) is 0 Å². The molecule has 0 fully saturated rings. The first-order chi connectivity index (χ1) is 8.34. The van der Waals surface area contributed by atoms with Crippen LogP contribution in [0.1, 0.15) is 46.6 Å². The third-order valence-electron chi connectivity index (χ3n) is 3.54. The molecule has 2 rings (SSSR count). The number of hydrogen-bond acceptors (Lipinski definition) is 4. The highest BCUT2D eigenvalue weighted by Gasteiger charge is 2.30. The van der Waals surface area contributed by atoms with Crippen molar-refractivity contribution < 1.29 is 5.21 Å². The van der Waals surface area contributed by atoms with Crippen molar-refractivity contribution in [2.75, 3.05) is 10.4 Å². The number of rotatable bonds is 2. The van der Waals surface area contributed by atoms with Gasteiger partial charge in [0.2, 0.25) is 0 Å². The van der Waals surface area contributed by atoms with Crippen molar-refractivity contribution in [2.24, 2.45) is 0 Å². The fraction of sp³-hybridized carbons (Fsp3) is 0.571. The fourth-order valence-corrected chi connectivity index (χ4v) is 2.14. The van der Waals surface area contributed by atoms with Crippen LogP contribution in [0.4, 0.5) is 11.4 Å². The van der Waals surface area contributed by atoms with Crippen LogP contribution in [0, 0.1) is 0 Å². The van der Waals surface area contributed by atoms with Crippen molar-refractivity contribution in [3.8, 4) is 0 Å². The lowest BCUT2D eigenvalue weighted by atomic mass is 9.86. The molecular weight excluding hydrogens is 226 g/mol. The van der Waals surface area contributed by atoms with Crippen molar-refractivity contribution in [1.29, 1.82) is 0 Å². The van der Waals surface area contributed by atoms with Gasteiger partial charge in [-0.15, -0.1) is 0 Å². The average Bonchev–Trinajstić information content (AvgIpc) is 2.61. The predicted octanol–water partition coefficient (Wildman–Crippen LogP) is 3.54. The van der Waals surface area contributed by atoms with E-state index in [-0.39, 0.29) is 11.5 Å². The van der Waals surface area contributed by atoms with Gasteiger partial charge in [-0.3, -0.25) is 15.6 Å². The number of fused-ring (bicyclic) bond motifs is 1. The Hall–Kier alpha value is -1.26. The highest BCUT2D eigenvalue weighted by atomic mass is 16.6. The average molecular weight is 249 g/mol. The molecule has 4 nitrogen and oxygen atoms in total. The van der Waals surface area contributed by atoms with Gasteiger partial charge in [0.25, 0.3) is 0 Å². The van der Waals surface area contributed by atoms with E-state index in [2.05, 4.69) is 52.2 Å². The zero-order chi connectivity index (χ0) is 13.5. The number of anilines is 2. The van der Waals surface area contributed by atoms with Gasteiger partial charge >= 0.3 is 0 Å². The molecule has 4 heteroatoms. The lowest BCUT2D eigenvalue weighted by molar-refractivity contribution is -0.0774. The van der Waals surface area contributed by atoms with Gasteiger partial charge in [-0.2, -0.15) is 0 Å². The van der Waals surface area contributed by atoms with Gasteiger partial charge in [-0.1, -0.05) is 33.8 Å². The van der Waals surface area contributed by atoms with Crippen molar-refractivity contribution >= 4 is 11.4 Å². The van der Waals surface area contributed by atoms with E-state index in [1.165, 1.54) is 5.56 Å². The standard InChI is InChI=1S/C14H23N3O/c1-6-10(2)16-13-9-11(14(3,4)5)7-8-12(13)15-17(16)18/h7-10,15,18H,6H2,1-5H3. The molecule has 0 radical (unpaired) electrons. The number of nitrogens with one attached hydrogen (secondary N) is 1. The molecule has 2 N–H and O–H groups in total. The summed E-state index contributed by atoms with van der Waals surface area (Å²) >= 11 is 0. The quantitative estimate of drug-likeness (QED) is 0.841. The molecule has 0 bridgehead atoms. The SMILES string of the molecule is CCC(C)N1c2cc(C(C)(C)C)ccc2NN1O. The largest absolute Gasteiger partial charge is 0.276 e. The van der Waals surface area contributed by atoms with Gasteiger partial charge in [0, 0.05) is 6.04 Å². The second-order valence-electron chi connectivity index (χ2n) is 5.99. The molecule has 0 amide bonds. The predicted molar refractivity (Wildman–Crippen MR) is 74.6 cm³/mol. The molecule has 1 aromatic carbocycles. The van der Waals surface area contributed by atoms with Crippen LogP contribution in [-0.2, 0) is 5.41 Å². The lowest BCUT2D eigenvalue weighted by Crippen LogP contribution is -2.44. The molecule has 1 atom stereocenters. The van der Waals surface area contributed by atoms with Gasteiger partial charge in [0.05, 0.1) is 11.4 Å². The maximum Gasteiger partial charge on any atom is 0.0815 e. The molecule has 0 saturated carbocycles. The van der Waals surface area contributed by atoms with Crippen molar-refractivity contribution in [2.45, 2.75) is 52.5 Å². The van der Waals surface area contributed by atoms with Crippen LogP contribution >= 0.6 is 0 Å². The van der Waals surface area contributed by atoms with E-state index < -0.39 is 0 Å². The molecule has 0 aromatic heterocycles. The van der Waals surface area contributed by atoms with Crippen LogP contribution in [0.25, 0.3) is 0 Å². The first-order valence-electron chi connectivity index (χ1n) is 6.54. The number of hydrogen-bond donors (Lipinski definition) is 2. The van der Waals surface area contributed by atoms with Crippen molar-refractivity contribution in [1.82, 2.24) is 5.28 Å². The molecule has 0 spiro atoms. The Balaban J connectivity index is 2.43. The Bertz CT molecular complexity index is 435. The summed E-state index contributed by atoms with van der Waals surface area (Å²) in [6.45, 7) is 10.8. The molecular formula is C14H23N3O. The summed E-state index contributed by atoms with van der Waals surface area (Å²) in [6.07, 6.45) is 0.970. The Morgan fingerprint density at radius 3 is 2.56 bits per heavy atom. The zero-order valence-corrected chi connectivity index (χ0v) is 11.9. The van der Waals surface area contributed by atoms with Gasteiger partial charge in [-0.25, -0.2) is 0 Å². The monoisotopic (exact) mass is 249 g/mol. The highest BCUT2D eigenvalue weighted by Crippen LogP contribution is 2.38. The van der Waals surface area contributed by atoms with Crippen LogP contribution in [0.2, 0.25) is 0 Å². The van der Waals surface area contributed by atoms with Crippen LogP contribution in [-0.4, -0.2) is 16.5 Å². The third-order valence-corrected chi connectivity index (χ3v) is 3.54. The van der Waals surface area contributed by atoms with Crippen LogP contribution in [0.3, 0.4) is 0 Å². The summed E-state index contributed by atoms with van der Waals surface area (Å²) in [7, 11) is 0. The molecule has 1 heterocycles. The maximum atomic E-state index is 9.95. The van der Waals surface area contributed by atoms with E-state index in [1.54, 1.807) is 0 Å².